The number of benzene rings is 2. The molecule has 0 unspecified atom stereocenters. The summed E-state index contributed by atoms with van der Waals surface area (Å²) in [6.07, 6.45) is 4.49. The molecule has 3 aromatic heterocycles. The quantitative estimate of drug-likeness (QED) is 0.218. The van der Waals surface area contributed by atoms with Crippen LogP contribution in [0.4, 0.5) is 19.0 Å². The molecule has 0 aliphatic carbocycles. The molecule has 0 bridgehead atoms. The number of aryl methyl sites for hydroxylation is 2. The smallest absolute Gasteiger partial charge is 0.319 e. The Morgan fingerprint density at radius 2 is 1.89 bits per heavy atom. The van der Waals surface area contributed by atoms with Crippen molar-refractivity contribution in [2.24, 2.45) is 0 Å². The van der Waals surface area contributed by atoms with Gasteiger partial charge in [0.1, 0.15) is 41.4 Å². The van der Waals surface area contributed by atoms with Crippen LogP contribution in [0, 0.1) is 11.6 Å². The SMILES string of the molecule is CCc1c(F)ccc2cc(O)cc(-c3ncc4c(N5CCCCn6nc(C(=O)N7CCOCC7)cc6C5)nc(OC[C@@]56CCCN5C[C@H](F)C6)nc4c3F)c12. The zero-order chi connectivity index (χ0) is 37.8. The van der Waals surface area contributed by atoms with Crippen LogP contribution in [0.25, 0.3) is 32.9 Å². The van der Waals surface area contributed by atoms with Crippen LogP contribution in [0.3, 0.4) is 0 Å². The fraction of sp³-hybridized carbons (Fsp3) is 0.475. The molecule has 1 amide bonds. The Balaban J connectivity index is 1.15. The van der Waals surface area contributed by atoms with Gasteiger partial charge in [0, 0.05) is 50.9 Å². The van der Waals surface area contributed by atoms with Crippen molar-refractivity contribution in [3.8, 4) is 23.0 Å². The molecule has 4 aliphatic heterocycles. The molecule has 15 heteroatoms. The molecule has 0 radical (unpaired) electrons. The first-order chi connectivity index (χ1) is 26.7. The van der Waals surface area contributed by atoms with E-state index in [1.165, 1.54) is 24.4 Å². The number of pyridine rings is 1. The van der Waals surface area contributed by atoms with E-state index in [0.717, 1.165) is 37.9 Å². The van der Waals surface area contributed by atoms with Gasteiger partial charge in [-0.1, -0.05) is 13.0 Å². The Hall–Kier alpha value is -5.02. The van der Waals surface area contributed by atoms with Crippen molar-refractivity contribution in [3.63, 3.8) is 0 Å². The first-order valence-corrected chi connectivity index (χ1v) is 19.2. The lowest BCUT2D eigenvalue weighted by Gasteiger charge is -2.31. The van der Waals surface area contributed by atoms with Gasteiger partial charge in [-0.2, -0.15) is 15.1 Å². The third-order valence-electron chi connectivity index (χ3n) is 11.7. The lowest BCUT2D eigenvalue weighted by atomic mass is 9.94. The van der Waals surface area contributed by atoms with Gasteiger partial charge in [-0.05, 0) is 79.3 Å². The Morgan fingerprint density at radius 1 is 1.05 bits per heavy atom. The van der Waals surface area contributed by atoms with E-state index >= 15 is 8.78 Å². The summed E-state index contributed by atoms with van der Waals surface area (Å²) >= 11 is 0. The molecule has 4 aliphatic rings. The number of phenols is 1. The second-order valence-corrected chi connectivity index (χ2v) is 15.1. The number of phenolic OH excluding ortho intramolecular Hbond substituents is 1. The van der Waals surface area contributed by atoms with Crippen LogP contribution in [0.15, 0.2) is 36.5 Å². The zero-order valence-corrected chi connectivity index (χ0v) is 30.7. The molecule has 2 aromatic carbocycles. The van der Waals surface area contributed by atoms with Crippen LogP contribution < -0.4 is 9.64 Å². The Morgan fingerprint density at radius 3 is 2.73 bits per heavy atom. The standard InChI is InChI=1S/C40H43F3N8O4/c1-2-28-31(42)7-6-24-16-27(52)18-29(33(24)28)35-34(43)36-30(20-44-35)37(46-39(45-36)55-23-40-8-5-10-50(40)21-25(41)19-40)49-9-3-4-11-51-26(22-49)17-32(47-51)38(53)48-12-14-54-15-13-48/h6-7,16-18,20,25,52H,2-5,8-15,19,21-23H2,1H3/t25-,40+/m1/s1. The predicted octanol–water partition coefficient (Wildman–Crippen LogP) is 5.82. The van der Waals surface area contributed by atoms with Gasteiger partial charge in [-0.15, -0.1) is 0 Å². The van der Waals surface area contributed by atoms with Crippen molar-refractivity contribution >= 4 is 33.4 Å². The Bertz CT molecular complexity index is 2300. The highest BCUT2D eigenvalue weighted by Gasteiger charge is 2.49. The number of rotatable bonds is 7. The normalized spacial score (nSPS) is 21.9. The molecule has 12 nitrogen and oxygen atoms in total. The van der Waals surface area contributed by atoms with Crippen molar-refractivity contribution in [2.75, 3.05) is 57.4 Å². The van der Waals surface area contributed by atoms with Crippen LogP contribution in [0.2, 0.25) is 0 Å². The van der Waals surface area contributed by atoms with Crippen LogP contribution in [0.5, 0.6) is 11.8 Å². The van der Waals surface area contributed by atoms with E-state index < -0.39 is 23.3 Å². The fourth-order valence-corrected chi connectivity index (χ4v) is 9.02. The minimum absolute atomic E-state index is 0.0507. The zero-order valence-electron chi connectivity index (χ0n) is 30.7. The van der Waals surface area contributed by atoms with Crippen molar-refractivity contribution in [1.82, 2.24) is 34.5 Å². The van der Waals surface area contributed by atoms with E-state index in [1.807, 2.05) is 22.6 Å². The van der Waals surface area contributed by atoms with E-state index in [2.05, 4.69) is 14.9 Å². The molecular formula is C40H43F3N8O4. The number of alkyl halides is 1. The maximum Gasteiger partial charge on any atom is 0.319 e. The summed E-state index contributed by atoms with van der Waals surface area (Å²) in [7, 11) is 0. The number of nitrogens with zero attached hydrogens (tertiary/aromatic N) is 8. The van der Waals surface area contributed by atoms with Crippen molar-refractivity contribution in [2.45, 2.75) is 70.2 Å². The lowest BCUT2D eigenvalue weighted by molar-refractivity contribution is 0.0298. The number of halogens is 3. The van der Waals surface area contributed by atoms with E-state index in [1.54, 1.807) is 11.0 Å². The molecule has 0 spiro atoms. The minimum atomic E-state index is -0.955. The Kier molecular flexibility index (Phi) is 9.24. The number of carbonyl (C=O) groups excluding carboxylic acids is 1. The van der Waals surface area contributed by atoms with E-state index in [9.17, 15) is 14.3 Å². The molecule has 5 aromatic rings. The molecule has 1 N–H and O–H groups in total. The van der Waals surface area contributed by atoms with Crippen molar-refractivity contribution < 1.29 is 32.5 Å². The molecular weight excluding hydrogens is 713 g/mol. The number of ether oxygens (including phenoxy) is 2. The second kappa shape index (κ2) is 14.2. The monoisotopic (exact) mass is 756 g/mol. The van der Waals surface area contributed by atoms with Crippen molar-refractivity contribution in [1.29, 1.82) is 0 Å². The number of fused-ring (bicyclic) bond motifs is 4. The van der Waals surface area contributed by atoms with Gasteiger partial charge in [0.05, 0.1) is 36.4 Å². The number of anilines is 1. The highest BCUT2D eigenvalue weighted by Crippen LogP contribution is 2.42. The number of amides is 1. The third-order valence-corrected chi connectivity index (χ3v) is 11.7. The maximum atomic E-state index is 17.2. The number of morpholine rings is 1. The average molecular weight is 757 g/mol. The number of hydrogen-bond acceptors (Lipinski definition) is 10. The number of aromatic hydroxyl groups is 1. The molecule has 3 saturated heterocycles. The second-order valence-electron chi connectivity index (χ2n) is 15.1. The van der Waals surface area contributed by atoms with Crippen LogP contribution in [0.1, 0.15) is 60.8 Å². The molecule has 9 rings (SSSR count). The summed E-state index contributed by atoms with van der Waals surface area (Å²) in [5.74, 6) is -1.08. The summed E-state index contributed by atoms with van der Waals surface area (Å²) in [5, 5.41) is 16.8. The summed E-state index contributed by atoms with van der Waals surface area (Å²) in [6, 6.07) is 7.57. The number of carbonyl (C=O) groups is 1. The largest absolute Gasteiger partial charge is 0.508 e. The third kappa shape index (κ3) is 6.40. The number of hydrogen-bond donors (Lipinski definition) is 1. The first kappa shape index (κ1) is 35.7. The van der Waals surface area contributed by atoms with Gasteiger partial charge in [0.15, 0.2) is 11.5 Å². The maximum absolute atomic E-state index is 17.2. The minimum Gasteiger partial charge on any atom is -0.508 e. The van der Waals surface area contributed by atoms with Gasteiger partial charge in [-0.25, -0.2) is 13.2 Å². The molecule has 288 valence electrons. The summed E-state index contributed by atoms with van der Waals surface area (Å²) in [6.45, 7) is 6.59. The van der Waals surface area contributed by atoms with Gasteiger partial charge in [-0.3, -0.25) is 19.4 Å². The molecule has 55 heavy (non-hydrogen) atoms. The van der Waals surface area contributed by atoms with Crippen molar-refractivity contribution in [3.05, 3.63) is 65.1 Å². The number of aromatic nitrogens is 5. The van der Waals surface area contributed by atoms with Crippen LogP contribution in [-0.4, -0.2) is 110 Å². The van der Waals surface area contributed by atoms with E-state index in [0.29, 0.717) is 98.6 Å². The lowest BCUT2D eigenvalue weighted by Crippen LogP contribution is -2.43. The van der Waals surface area contributed by atoms with Gasteiger partial charge < -0.3 is 24.4 Å². The highest BCUT2D eigenvalue weighted by molar-refractivity contribution is 6.02. The van der Waals surface area contributed by atoms with Crippen LogP contribution >= 0.6 is 0 Å². The van der Waals surface area contributed by atoms with Gasteiger partial charge in [0.25, 0.3) is 5.91 Å². The van der Waals surface area contributed by atoms with Gasteiger partial charge >= 0.3 is 6.01 Å². The molecule has 2 atom stereocenters. The van der Waals surface area contributed by atoms with E-state index in [-0.39, 0.29) is 41.0 Å². The van der Waals surface area contributed by atoms with Gasteiger partial charge in [0.2, 0.25) is 0 Å². The highest BCUT2D eigenvalue weighted by atomic mass is 19.1. The summed E-state index contributed by atoms with van der Waals surface area (Å²) in [4.78, 5) is 33.4. The fourth-order valence-electron chi connectivity index (χ4n) is 9.02. The molecule has 7 heterocycles. The first-order valence-electron chi connectivity index (χ1n) is 19.2. The summed E-state index contributed by atoms with van der Waals surface area (Å²) in [5.41, 5.74) is 1.14. The predicted molar refractivity (Wildman–Crippen MR) is 199 cm³/mol. The van der Waals surface area contributed by atoms with E-state index in [4.69, 9.17) is 19.6 Å². The Labute approximate surface area is 315 Å². The molecule has 0 saturated carbocycles. The topological polar surface area (TPSA) is 122 Å². The summed E-state index contributed by atoms with van der Waals surface area (Å²) < 4.78 is 60.7. The average Bonchev–Trinajstić information content (AvgIpc) is 3.85. The van der Waals surface area contributed by atoms with Crippen LogP contribution in [-0.2, 0) is 24.2 Å². The molecule has 3 fully saturated rings.